The van der Waals surface area contributed by atoms with Crippen molar-refractivity contribution in [2.45, 2.75) is 149 Å². The highest BCUT2D eigenvalue weighted by atomic mass is 16.2. The van der Waals surface area contributed by atoms with Gasteiger partial charge in [-0.25, -0.2) is 0 Å². The normalized spacial score (nSPS) is 14.5. The molecule has 0 aliphatic carbocycles. The van der Waals surface area contributed by atoms with Crippen LogP contribution in [0.1, 0.15) is 143 Å². The highest BCUT2D eigenvalue weighted by molar-refractivity contribution is 5.79. The van der Waals surface area contributed by atoms with Gasteiger partial charge in [0.1, 0.15) is 5.66 Å². The monoisotopic (exact) mass is 451 g/mol. The molecule has 1 saturated heterocycles. The summed E-state index contributed by atoms with van der Waals surface area (Å²) < 4.78 is 0. The molecule has 1 heterocycles. The summed E-state index contributed by atoms with van der Waals surface area (Å²) in [6.45, 7) is 9.99. The molecule has 1 rings (SSSR count). The van der Waals surface area contributed by atoms with E-state index in [-0.39, 0.29) is 11.8 Å². The van der Waals surface area contributed by atoms with Gasteiger partial charge >= 0.3 is 0 Å². The molecule has 0 radical (unpaired) electrons. The number of nitrogens with one attached hydrogen (secondary N) is 1. The summed E-state index contributed by atoms with van der Waals surface area (Å²) in [6, 6.07) is 0. The molecule has 0 atom stereocenters. The van der Waals surface area contributed by atoms with Crippen molar-refractivity contribution in [2.24, 2.45) is 0 Å². The Morgan fingerprint density at radius 3 is 1.78 bits per heavy atom. The van der Waals surface area contributed by atoms with Gasteiger partial charge in [0, 0.05) is 25.9 Å². The quantitative estimate of drug-likeness (QED) is 0.161. The van der Waals surface area contributed by atoms with Crippen molar-refractivity contribution in [1.29, 1.82) is 0 Å². The second-order valence-electron chi connectivity index (χ2n) is 10.2. The number of hydrogen-bond donors (Lipinski definition) is 1. The summed E-state index contributed by atoms with van der Waals surface area (Å²) in [5, 5.41) is 1.97. The molecule has 0 aromatic heterocycles. The van der Waals surface area contributed by atoms with Crippen LogP contribution in [0.25, 0.3) is 0 Å². The van der Waals surface area contributed by atoms with E-state index >= 15 is 0 Å². The average Bonchev–Trinajstić information content (AvgIpc) is 3.20. The fourth-order valence-electron chi connectivity index (χ4n) is 4.75. The van der Waals surface area contributed by atoms with Crippen LogP contribution in [0.15, 0.2) is 0 Å². The number of unbranched alkanes of at least 4 members (excludes halogenated alkanes) is 13. The summed E-state index contributed by atoms with van der Waals surface area (Å²) in [5.74, 6) is 0.273. The van der Waals surface area contributed by atoms with Crippen molar-refractivity contribution in [1.82, 2.24) is 15.3 Å². The maximum Gasteiger partial charge on any atom is 0.234 e. The van der Waals surface area contributed by atoms with Gasteiger partial charge in [-0.1, -0.05) is 97.3 Å². The van der Waals surface area contributed by atoms with Gasteiger partial charge in [-0.05, 0) is 33.1 Å². The Hall–Kier alpha value is -1.10. The van der Waals surface area contributed by atoms with Gasteiger partial charge in [0.05, 0.1) is 0 Å². The third-order valence-electron chi connectivity index (χ3n) is 6.86. The highest BCUT2D eigenvalue weighted by Crippen LogP contribution is 2.25. The molecule has 32 heavy (non-hydrogen) atoms. The van der Waals surface area contributed by atoms with E-state index < -0.39 is 5.66 Å². The van der Waals surface area contributed by atoms with Crippen LogP contribution < -0.4 is 5.43 Å². The Bertz CT molecular complexity index is 507. The van der Waals surface area contributed by atoms with E-state index in [2.05, 4.69) is 19.3 Å². The van der Waals surface area contributed by atoms with Gasteiger partial charge in [0.15, 0.2) is 0 Å². The van der Waals surface area contributed by atoms with Crippen LogP contribution in [0.2, 0.25) is 0 Å². The standard InChI is InChI=1S/C27H53N3O2/c1-5-7-8-9-10-11-12-13-14-15-16-17-18-19-21-25(31)28-30(23-6-2)27(3,4)29-24-20-22-26(29)32/h5-24H2,1-4H3,(H,28,31). The third-order valence-corrected chi connectivity index (χ3v) is 6.86. The lowest BCUT2D eigenvalue weighted by Gasteiger charge is -2.44. The maximum absolute atomic E-state index is 12.5. The Morgan fingerprint density at radius 1 is 0.844 bits per heavy atom. The minimum absolute atomic E-state index is 0.0807. The number of nitrogens with zero attached hydrogens (tertiary/aromatic N) is 2. The van der Waals surface area contributed by atoms with Crippen molar-refractivity contribution in [3.63, 3.8) is 0 Å². The van der Waals surface area contributed by atoms with E-state index in [1.807, 2.05) is 23.8 Å². The van der Waals surface area contributed by atoms with Gasteiger partial charge in [0.2, 0.25) is 11.8 Å². The maximum atomic E-state index is 12.5. The fourth-order valence-corrected chi connectivity index (χ4v) is 4.75. The van der Waals surface area contributed by atoms with Crippen LogP contribution in [0.5, 0.6) is 0 Å². The van der Waals surface area contributed by atoms with E-state index in [1.54, 1.807) is 0 Å². The molecular weight excluding hydrogens is 398 g/mol. The highest BCUT2D eigenvalue weighted by Gasteiger charge is 2.39. The molecule has 5 nitrogen and oxygen atoms in total. The molecule has 0 aromatic carbocycles. The van der Waals surface area contributed by atoms with Crippen molar-refractivity contribution in [3.05, 3.63) is 0 Å². The number of hydrazine groups is 1. The number of carbonyl (C=O) groups excluding carboxylic acids is 2. The Morgan fingerprint density at radius 2 is 1.34 bits per heavy atom. The Kier molecular flexibility index (Phi) is 15.7. The van der Waals surface area contributed by atoms with Crippen LogP contribution in [0.4, 0.5) is 0 Å². The van der Waals surface area contributed by atoms with Gasteiger partial charge in [-0.2, -0.15) is 5.01 Å². The zero-order valence-electron chi connectivity index (χ0n) is 21.9. The molecule has 1 N–H and O–H groups in total. The van der Waals surface area contributed by atoms with Gasteiger partial charge < -0.3 is 4.90 Å². The molecule has 2 amide bonds. The van der Waals surface area contributed by atoms with Crippen LogP contribution >= 0.6 is 0 Å². The summed E-state index contributed by atoms with van der Waals surface area (Å²) in [5.41, 5.74) is 2.63. The number of likely N-dealkylation sites (tertiary alicyclic amines) is 1. The Balaban J connectivity index is 2.09. The lowest BCUT2D eigenvalue weighted by Crippen LogP contribution is -2.63. The minimum Gasteiger partial charge on any atom is -0.323 e. The van der Waals surface area contributed by atoms with Crippen LogP contribution in [0.3, 0.4) is 0 Å². The van der Waals surface area contributed by atoms with Crippen LogP contribution in [-0.4, -0.2) is 40.5 Å². The van der Waals surface area contributed by atoms with Crippen molar-refractivity contribution >= 4 is 11.8 Å². The first-order valence-corrected chi connectivity index (χ1v) is 13.8. The molecule has 0 spiro atoms. The summed E-state index contributed by atoms with van der Waals surface area (Å²) >= 11 is 0. The number of carbonyl (C=O) groups is 2. The molecule has 0 unspecified atom stereocenters. The lowest BCUT2D eigenvalue weighted by atomic mass is 10.0. The smallest absolute Gasteiger partial charge is 0.234 e. The van der Waals surface area contributed by atoms with E-state index in [1.165, 1.54) is 77.0 Å². The van der Waals surface area contributed by atoms with Crippen molar-refractivity contribution in [2.75, 3.05) is 13.1 Å². The van der Waals surface area contributed by atoms with Gasteiger partial charge in [0.25, 0.3) is 0 Å². The zero-order valence-corrected chi connectivity index (χ0v) is 21.9. The lowest BCUT2D eigenvalue weighted by molar-refractivity contribution is -0.149. The first-order valence-electron chi connectivity index (χ1n) is 13.8. The molecule has 1 fully saturated rings. The zero-order chi connectivity index (χ0) is 23.7. The summed E-state index contributed by atoms with van der Waals surface area (Å²) in [6.07, 6.45) is 21.6. The molecule has 5 heteroatoms. The van der Waals surface area contributed by atoms with E-state index in [0.29, 0.717) is 12.8 Å². The van der Waals surface area contributed by atoms with E-state index in [4.69, 9.17) is 0 Å². The van der Waals surface area contributed by atoms with Crippen LogP contribution in [-0.2, 0) is 9.59 Å². The Labute approximate surface area is 199 Å². The van der Waals surface area contributed by atoms with Gasteiger partial charge in [-0.3, -0.25) is 15.0 Å². The van der Waals surface area contributed by atoms with Crippen molar-refractivity contribution < 1.29 is 9.59 Å². The molecule has 0 saturated carbocycles. The second kappa shape index (κ2) is 17.4. The predicted molar refractivity (Wildman–Crippen MR) is 135 cm³/mol. The average molecular weight is 452 g/mol. The molecule has 1 aliphatic rings. The summed E-state index contributed by atoms with van der Waals surface area (Å²) in [7, 11) is 0. The molecule has 0 aromatic rings. The molecule has 188 valence electrons. The third kappa shape index (κ3) is 11.7. The largest absolute Gasteiger partial charge is 0.323 e. The minimum atomic E-state index is -0.477. The first-order chi connectivity index (χ1) is 15.4. The van der Waals surface area contributed by atoms with Gasteiger partial charge in [-0.15, -0.1) is 0 Å². The number of hydrogen-bond acceptors (Lipinski definition) is 3. The SMILES string of the molecule is CCCCCCCCCCCCCCCCC(=O)NN(CCC)C(C)(C)N1CCCC1=O. The van der Waals surface area contributed by atoms with E-state index in [9.17, 15) is 9.59 Å². The molecular formula is C27H53N3O2. The van der Waals surface area contributed by atoms with Crippen molar-refractivity contribution in [3.8, 4) is 0 Å². The fraction of sp³-hybridized carbons (Fsp3) is 0.926. The predicted octanol–water partition coefficient (Wildman–Crippen LogP) is 6.96. The summed E-state index contributed by atoms with van der Waals surface area (Å²) in [4.78, 5) is 26.7. The molecule has 1 aliphatic heterocycles. The van der Waals surface area contributed by atoms with E-state index in [0.717, 1.165) is 38.8 Å². The molecule has 0 bridgehead atoms. The number of amides is 2. The first kappa shape index (κ1) is 28.9. The second-order valence-corrected chi connectivity index (χ2v) is 10.2. The topological polar surface area (TPSA) is 52.7 Å². The van der Waals surface area contributed by atoms with Crippen LogP contribution in [0, 0.1) is 0 Å². The number of rotatable bonds is 20.